The second-order valence-corrected chi connectivity index (χ2v) is 14.4. The van der Waals surface area contributed by atoms with E-state index in [9.17, 15) is 35.9 Å². The summed E-state index contributed by atoms with van der Waals surface area (Å²) in [7, 11) is -3.31. The SMILES string of the molecule is CN(C[C@H](O)CNC(C)(C)CC1Cc2ccccc2C1)S(=O)(=O)c1cc(-c2ccc(F)c(CCC(=O)O)c2)cc(C(F)(F)F)c1. The number of rotatable bonds is 13. The Morgan fingerprint density at radius 1 is 1.02 bits per heavy atom. The molecule has 0 fully saturated rings. The summed E-state index contributed by atoms with van der Waals surface area (Å²) in [5, 5.41) is 23.0. The molecule has 0 spiro atoms. The molecule has 1 aliphatic rings. The quantitative estimate of drug-likeness (QED) is 0.206. The van der Waals surface area contributed by atoms with E-state index in [1.54, 1.807) is 0 Å². The molecule has 3 aromatic rings. The van der Waals surface area contributed by atoms with Crippen LogP contribution in [0, 0.1) is 11.7 Å². The summed E-state index contributed by atoms with van der Waals surface area (Å²) in [4.78, 5) is 10.3. The van der Waals surface area contributed by atoms with E-state index in [0.29, 0.717) is 12.0 Å². The molecule has 3 N–H and O–H groups in total. The Morgan fingerprint density at radius 3 is 2.27 bits per heavy atom. The van der Waals surface area contributed by atoms with Crippen molar-refractivity contribution < 1.29 is 41.0 Å². The van der Waals surface area contributed by atoms with Crippen molar-refractivity contribution in [1.82, 2.24) is 9.62 Å². The first kappa shape index (κ1) is 34.6. The topological polar surface area (TPSA) is 107 Å². The minimum atomic E-state index is -4.89. The number of hydrogen-bond acceptors (Lipinski definition) is 5. The molecule has 0 aliphatic heterocycles. The Bertz CT molecular complexity index is 1620. The van der Waals surface area contributed by atoms with Crippen molar-refractivity contribution in [3.63, 3.8) is 0 Å². The number of aliphatic carboxylic acids is 1. The number of carboxylic acid groups (broad SMARTS) is 1. The molecule has 0 heterocycles. The first-order valence-electron chi connectivity index (χ1n) is 14.6. The van der Waals surface area contributed by atoms with Gasteiger partial charge in [-0.05, 0) is 104 Å². The molecule has 0 amide bonds. The molecular weight excluding hydrogens is 612 g/mol. The largest absolute Gasteiger partial charge is 0.481 e. The lowest BCUT2D eigenvalue weighted by Gasteiger charge is -2.31. The van der Waals surface area contributed by atoms with E-state index in [0.717, 1.165) is 41.8 Å². The maximum absolute atomic E-state index is 14.3. The minimum Gasteiger partial charge on any atom is -0.481 e. The van der Waals surface area contributed by atoms with Gasteiger partial charge in [-0.1, -0.05) is 30.3 Å². The number of fused-ring (bicyclic) bond motifs is 1. The van der Waals surface area contributed by atoms with Crippen LogP contribution in [0.4, 0.5) is 17.6 Å². The van der Waals surface area contributed by atoms with Gasteiger partial charge in [0.15, 0.2) is 0 Å². The molecular formula is C33H38F4N2O5S. The van der Waals surface area contributed by atoms with Crippen molar-refractivity contribution in [3.8, 4) is 11.1 Å². The zero-order valence-electron chi connectivity index (χ0n) is 25.4. The highest BCUT2D eigenvalue weighted by Gasteiger charge is 2.34. The van der Waals surface area contributed by atoms with E-state index in [4.69, 9.17) is 5.11 Å². The molecule has 3 aromatic carbocycles. The van der Waals surface area contributed by atoms with Crippen LogP contribution in [0.3, 0.4) is 0 Å². The lowest BCUT2D eigenvalue weighted by molar-refractivity contribution is -0.138. The number of nitrogens with one attached hydrogen (secondary N) is 1. The fraction of sp³-hybridized carbons (Fsp3) is 0.424. The second-order valence-electron chi connectivity index (χ2n) is 12.4. The number of aryl methyl sites for hydroxylation is 1. The van der Waals surface area contributed by atoms with E-state index in [-0.39, 0.29) is 41.7 Å². The zero-order valence-corrected chi connectivity index (χ0v) is 26.2. The molecule has 0 aromatic heterocycles. The summed E-state index contributed by atoms with van der Waals surface area (Å²) in [6.07, 6.45) is -3.87. The number of halogens is 4. The number of carboxylic acids is 1. The molecule has 0 unspecified atom stereocenters. The highest BCUT2D eigenvalue weighted by Crippen LogP contribution is 2.36. The molecule has 244 valence electrons. The maximum atomic E-state index is 14.3. The van der Waals surface area contributed by atoms with Crippen LogP contribution in [0.2, 0.25) is 0 Å². The average molecular weight is 651 g/mol. The van der Waals surface area contributed by atoms with Crippen molar-refractivity contribution in [2.45, 2.75) is 68.7 Å². The van der Waals surface area contributed by atoms with Gasteiger partial charge in [0, 0.05) is 32.1 Å². The van der Waals surface area contributed by atoms with Crippen LogP contribution in [0.5, 0.6) is 0 Å². The third kappa shape index (κ3) is 8.90. The summed E-state index contributed by atoms with van der Waals surface area (Å²) in [6, 6.07) is 14.1. The van der Waals surface area contributed by atoms with E-state index in [1.165, 1.54) is 30.3 Å². The van der Waals surface area contributed by atoms with Gasteiger partial charge in [-0.15, -0.1) is 0 Å². The van der Waals surface area contributed by atoms with Gasteiger partial charge < -0.3 is 15.5 Å². The van der Waals surface area contributed by atoms with E-state index in [2.05, 4.69) is 17.4 Å². The van der Waals surface area contributed by atoms with Crippen molar-refractivity contribution >= 4 is 16.0 Å². The second kappa shape index (κ2) is 13.6. The maximum Gasteiger partial charge on any atom is 0.416 e. The molecule has 12 heteroatoms. The predicted molar refractivity (Wildman–Crippen MR) is 163 cm³/mol. The number of β-amino-alcohol motifs (C(OH)–C–C–N with tert-alkyl or cyclic N) is 1. The summed E-state index contributed by atoms with van der Waals surface area (Å²) in [6.45, 7) is 3.71. The number of alkyl halides is 3. The first-order valence-corrected chi connectivity index (χ1v) is 16.1. The highest BCUT2D eigenvalue weighted by atomic mass is 32.2. The lowest BCUT2D eigenvalue weighted by atomic mass is 9.88. The Morgan fingerprint density at radius 2 is 1.67 bits per heavy atom. The number of benzene rings is 3. The zero-order chi connectivity index (χ0) is 33.2. The lowest BCUT2D eigenvalue weighted by Crippen LogP contribution is -2.47. The summed E-state index contributed by atoms with van der Waals surface area (Å²) >= 11 is 0. The molecule has 0 saturated heterocycles. The summed E-state index contributed by atoms with van der Waals surface area (Å²) in [5.74, 6) is -1.47. The molecule has 0 saturated carbocycles. The molecule has 0 radical (unpaired) electrons. The van der Waals surface area contributed by atoms with Crippen LogP contribution in [-0.4, -0.2) is 60.7 Å². The third-order valence-electron chi connectivity index (χ3n) is 8.15. The number of sulfonamides is 1. The average Bonchev–Trinajstić information content (AvgIpc) is 3.36. The number of nitrogens with zero attached hydrogens (tertiary/aromatic N) is 1. The monoisotopic (exact) mass is 650 g/mol. The van der Waals surface area contributed by atoms with Crippen LogP contribution >= 0.6 is 0 Å². The molecule has 1 atom stereocenters. The van der Waals surface area contributed by atoms with Crippen LogP contribution in [0.15, 0.2) is 65.6 Å². The van der Waals surface area contributed by atoms with Gasteiger partial charge in [-0.3, -0.25) is 4.79 Å². The van der Waals surface area contributed by atoms with Gasteiger partial charge in [-0.25, -0.2) is 12.8 Å². The third-order valence-corrected chi connectivity index (χ3v) is 9.95. The molecule has 1 aliphatic carbocycles. The highest BCUT2D eigenvalue weighted by molar-refractivity contribution is 7.89. The Hall–Kier alpha value is -3.32. The number of aliphatic hydroxyl groups is 1. The van der Waals surface area contributed by atoms with E-state index in [1.807, 2.05) is 26.0 Å². The van der Waals surface area contributed by atoms with Gasteiger partial charge in [0.25, 0.3) is 0 Å². The fourth-order valence-corrected chi connectivity index (χ4v) is 7.17. The predicted octanol–water partition coefficient (Wildman–Crippen LogP) is 5.68. The Balaban J connectivity index is 1.47. The van der Waals surface area contributed by atoms with Crippen molar-refractivity contribution in [2.24, 2.45) is 5.92 Å². The van der Waals surface area contributed by atoms with Crippen LogP contribution in [0.1, 0.15) is 48.9 Å². The normalized spacial score (nSPS) is 15.0. The van der Waals surface area contributed by atoms with E-state index < -0.39 is 51.0 Å². The smallest absolute Gasteiger partial charge is 0.416 e. The number of aliphatic hydroxyl groups excluding tert-OH is 1. The molecule has 0 bridgehead atoms. The van der Waals surface area contributed by atoms with Gasteiger partial charge >= 0.3 is 12.1 Å². The van der Waals surface area contributed by atoms with E-state index >= 15 is 0 Å². The van der Waals surface area contributed by atoms with Gasteiger partial charge in [0.2, 0.25) is 10.0 Å². The Labute approximate surface area is 260 Å². The fourth-order valence-electron chi connectivity index (χ4n) is 5.89. The molecule has 4 rings (SSSR count). The van der Waals surface area contributed by atoms with Crippen molar-refractivity contribution in [1.29, 1.82) is 0 Å². The first-order chi connectivity index (χ1) is 20.9. The van der Waals surface area contributed by atoms with Gasteiger partial charge in [-0.2, -0.15) is 17.5 Å². The number of likely N-dealkylation sites (N-methyl/N-ethyl adjacent to an activating group) is 1. The Kier molecular flexibility index (Phi) is 10.4. The van der Waals surface area contributed by atoms with Gasteiger partial charge in [0.05, 0.1) is 16.6 Å². The van der Waals surface area contributed by atoms with Crippen LogP contribution < -0.4 is 5.32 Å². The summed E-state index contributed by atoms with van der Waals surface area (Å²) in [5.41, 5.74) is 1.03. The number of carbonyl (C=O) groups is 1. The van der Waals surface area contributed by atoms with Crippen LogP contribution in [0.25, 0.3) is 11.1 Å². The molecule has 7 nitrogen and oxygen atoms in total. The molecule has 45 heavy (non-hydrogen) atoms. The van der Waals surface area contributed by atoms with Gasteiger partial charge in [0.1, 0.15) is 5.82 Å². The standard InChI is InChI=1S/C33H38F4N2O5S/c1-32(2,18-21-12-22-6-4-5-7-23(22)13-21)38-19-28(40)20-39(3)45(43,44)29-16-26(15-27(17-29)33(35,36)37)24-8-10-30(34)25(14-24)9-11-31(41)42/h4-8,10,14-17,21,28,38,40H,9,11-13,18-20H2,1-3H3,(H,41,42)/t28-/m1/s1. The number of hydrogen-bond donors (Lipinski definition) is 3. The van der Waals surface area contributed by atoms with Crippen molar-refractivity contribution in [2.75, 3.05) is 20.1 Å². The van der Waals surface area contributed by atoms with Crippen molar-refractivity contribution in [3.05, 3.63) is 88.7 Å². The summed E-state index contributed by atoms with van der Waals surface area (Å²) < 4.78 is 83.6. The minimum absolute atomic E-state index is 0.0233. The van der Waals surface area contributed by atoms with Crippen LogP contribution in [-0.2, 0) is 40.3 Å².